The molecule has 0 bridgehead atoms. The van der Waals surface area contributed by atoms with Gasteiger partial charge in [0.2, 0.25) is 0 Å². The van der Waals surface area contributed by atoms with Crippen LogP contribution in [0.3, 0.4) is 0 Å². The summed E-state index contributed by atoms with van der Waals surface area (Å²) in [6, 6.07) is 9.10. The highest BCUT2D eigenvalue weighted by molar-refractivity contribution is 5.85. The summed E-state index contributed by atoms with van der Waals surface area (Å²) in [6.45, 7) is 4.45. The highest BCUT2D eigenvalue weighted by Crippen LogP contribution is 2.36. The summed E-state index contributed by atoms with van der Waals surface area (Å²) in [7, 11) is 0. The molecule has 1 aromatic carbocycles. The fourth-order valence-corrected chi connectivity index (χ4v) is 3.51. The van der Waals surface area contributed by atoms with E-state index in [4.69, 9.17) is 5.26 Å². The molecule has 19 heavy (non-hydrogen) atoms. The summed E-state index contributed by atoms with van der Waals surface area (Å²) >= 11 is 0. The van der Waals surface area contributed by atoms with Crippen molar-refractivity contribution in [3.05, 3.63) is 35.5 Å². The maximum atomic E-state index is 9.15. The zero-order valence-electron chi connectivity index (χ0n) is 11.7. The third-order valence-electron chi connectivity index (χ3n) is 4.60. The number of hydrogen-bond acceptors (Lipinski definition) is 1. The van der Waals surface area contributed by atoms with Gasteiger partial charge in [-0.3, -0.25) is 0 Å². The summed E-state index contributed by atoms with van der Waals surface area (Å²) in [5, 5.41) is 10.4. The predicted octanol–water partition coefficient (Wildman–Crippen LogP) is 4.57. The lowest BCUT2D eigenvalue weighted by atomic mass is 9.85. The zero-order chi connectivity index (χ0) is 13.4. The smallest absolute Gasteiger partial charge is 0.0992 e. The van der Waals surface area contributed by atoms with Crippen molar-refractivity contribution in [1.29, 1.82) is 5.26 Å². The van der Waals surface area contributed by atoms with E-state index >= 15 is 0 Å². The summed E-state index contributed by atoms with van der Waals surface area (Å²) in [6.07, 6.45) is 7.48. The second kappa shape index (κ2) is 4.74. The lowest BCUT2D eigenvalue weighted by Gasteiger charge is -2.30. The molecule has 0 amide bonds. The van der Waals surface area contributed by atoms with Gasteiger partial charge in [0, 0.05) is 23.1 Å². The van der Waals surface area contributed by atoms with Crippen LogP contribution in [0, 0.1) is 24.2 Å². The molecular weight excluding hydrogens is 232 g/mol. The number of nitrogens with zero attached hydrogens (tertiary/aromatic N) is 2. The molecule has 0 aliphatic heterocycles. The van der Waals surface area contributed by atoms with Crippen LogP contribution in [0.4, 0.5) is 0 Å². The minimum atomic E-state index is 0.597. The number of fused-ring (bicyclic) bond motifs is 1. The van der Waals surface area contributed by atoms with Crippen LogP contribution >= 0.6 is 0 Å². The van der Waals surface area contributed by atoms with Crippen LogP contribution in [-0.4, -0.2) is 4.57 Å². The Balaban J connectivity index is 2.14. The summed E-state index contributed by atoms with van der Waals surface area (Å²) < 4.78 is 2.41. The lowest BCUT2D eigenvalue weighted by Crippen LogP contribution is -2.20. The van der Waals surface area contributed by atoms with Crippen LogP contribution in [0.5, 0.6) is 0 Å². The Morgan fingerprint density at radius 2 is 2.05 bits per heavy atom. The molecule has 2 heteroatoms. The molecule has 2 nitrogen and oxygen atoms in total. The molecular formula is C17H20N2. The molecule has 0 saturated heterocycles. The van der Waals surface area contributed by atoms with E-state index in [9.17, 15) is 0 Å². The Bertz CT molecular complexity index is 645. The van der Waals surface area contributed by atoms with Gasteiger partial charge in [0.25, 0.3) is 0 Å². The average Bonchev–Trinajstić information content (AvgIpc) is 2.83. The van der Waals surface area contributed by atoms with E-state index in [1.807, 2.05) is 12.1 Å². The van der Waals surface area contributed by atoms with E-state index in [2.05, 4.69) is 36.7 Å². The van der Waals surface area contributed by atoms with Gasteiger partial charge in [-0.1, -0.05) is 19.8 Å². The van der Waals surface area contributed by atoms with Gasteiger partial charge in [0.05, 0.1) is 11.6 Å². The number of nitriles is 1. The van der Waals surface area contributed by atoms with Crippen LogP contribution in [0.1, 0.15) is 49.8 Å². The molecule has 1 aliphatic rings. The SMILES string of the molecule is Cc1cc(C#N)cc2c1ccn2[C@@H]1CCCC[C@@H]1C. The number of aromatic nitrogens is 1. The monoisotopic (exact) mass is 252 g/mol. The first-order valence-electron chi connectivity index (χ1n) is 7.22. The van der Waals surface area contributed by atoms with Crippen LogP contribution < -0.4 is 0 Å². The Morgan fingerprint density at radius 1 is 1.26 bits per heavy atom. The van der Waals surface area contributed by atoms with Crippen molar-refractivity contribution in [2.75, 3.05) is 0 Å². The van der Waals surface area contributed by atoms with Crippen LogP contribution in [-0.2, 0) is 0 Å². The van der Waals surface area contributed by atoms with Crippen molar-refractivity contribution in [2.24, 2.45) is 5.92 Å². The van der Waals surface area contributed by atoms with Crippen molar-refractivity contribution >= 4 is 10.9 Å². The van der Waals surface area contributed by atoms with E-state index in [-0.39, 0.29) is 0 Å². The summed E-state index contributed by atoms with van der Waals surface area (Å²) in [5.41, 5.74) is 3.21. The average molecular weight is 252 g/mol. The van der Waals surface area contributed by atoms with Crippen molar-refractivity contribution in [2.45, 2.75) is 45.6 Å². The Hall–Kier alpha value is -1.75. The number of benzene rings is 1. The first-order valence-corrected chi connectivity index (χ1v) is 7.22. The topological polar surface area (TPSA) is 28.7 Å². The maximum absolute atomic E-state index is 9.15. The van der Waals surface area contributed by atoms with E-state index < -0.39 is 0 Å². The fourth-order valence-electron chi connectivity index (χ4n) is 3.51. The molecule has 98 valence electrons. The standard InChI is InChI=1S/C17H20N2/c1-12-5-3-4-6-16(12)19-8-7-15-13(2)9-14(11-18)10-17(15)19/h7-10,12,16H,3-6H2,1-2H3/t12-,16+/m0/s1. The van der Waals surface area contributed by atoms with E-state index in [0.29, 0.717) is 6.04 Å². The first-order chi connectivity index (χ1) is 9.20. The Kier molecular flexibility index (Phi) is 3.06. The normalized spacial score (nSPS) is 23.4. The zero-order valence-corrected chi connectivity index (χ0v) is 11.7. The van der Waals surface area contributed by atoms with Gasteiger partial charge in [-0.15, -0.1) is 0 Å². The van der Waals surface area contributed by atoms with E-state index in [0.717, 1.165) is 11.5 Å². The third-order valence-corrected chi connectivity index (χ3v) is 4.60. The molecule has 2 aromatic rings. The highest BCUT2D eigenvalue weighted by Gasteiger charge is 2.23. The van der Waals surface area contributed by atoms with Gasteiger partial charge in [0.15, 0.2) is 0 Å². The minimum absolute atomic E-state index is 0.597. The Labute approximate surface area is 114 Å². The van der Waals surface area contributed by atoms with Crippen LogP contribution in [0.25, 0.3) is 10.9 Å². The second-order valence-electron chi connectivity index (χ2n) is 5.89. The summed E-state index contributed by atoms with van der Waals surface area (Å²) in [5.74, 6) is 0.732. The van der Waals surface area contributed by atoms with Gasteiger partial charge in [-0.25, -0.2) is 0 Å². The van der Waals surface area contributed by atoms with E-state index in [1.54, 1.807) is 0 Å². The molecule has 0 unspecified atom stereocenters. The second-order valence-corrected chi connectivity index (χ2v) is 5.89. The Morgan fingerprint density at radius 3 is 2.79 bits per heavy atom. The molecule has 0 radical (unpaired) electrons. The molecule has 1 saturated carbocycles. The van der Waals surface area contributed by atoms with Gasteiger partial charge in [-0.2, -0.15) is 5.26 Å². The van der Waals surface area contributed by atoms with E-state index in [1.165, 1.54) is 42.1 Å². The van der Waals surface area contributed by atoms with Gasteiger partial charge >= 0.3 is 0 Å². The summed E-state index contributed by atoms with van der Waals surface area (Å²) in [4.78, 5) is 0. The third kappa shape index (κ3) is 2.04. The highest BCUT2D eigenvalue weighted by atomic mass is 15.0. The first kappa shape index (κ1) is 12.3. The number of hydrogen-bond donors (Lipinski definition) is 0. The van der Waals surface area contributed by atoms with Gasteiger partial charge in [-0.05, 0) is 49.4 Å². The van der Waals surface area contributed by atoms with Crippen LogP contribution in [0.15, 0.2) is 24.4 Å². The van der Waals surface area contributed by atoms with Gasteiger partial charge < -0.3 is 4.57 Å². The number of rotatable bonds is 1. The molecule has 0 N–H and O–H groups in total. The maximum Gasteiger partial charge on any atom is 0.0992 e. The largest absolute Gasteiger partial charge is 0.344 e. The molecule has 2 atom stereocenters. The van der Waals surface area contributed by atoms with Crippen LogP contribution in [0.2, 0.25) is 0 Å². The van der Waals surface area contributed by atoms with Gasteiger partial charge in [0.1, 0.15) is 0 Å². The van der Waals surface area contributed by atoms with Crippen molar-refractivity contribution < 1.29 is 0 Å². The molecule has 3 rings (SSSR count). The lowest BCUT2D eigenvalue weighted by molar-refractivity contribution is 0.263. The molecule has 1 fully saturated rings. The molecule has 1 heterocycles. The van der Waals surface area contributed by atoms with Crippen molar-refractivity contribution in [1.82, 2.24) is 4.57 Å². The minimum Gasteiger partial charge on any atom is -0.344 e. The van der Waals surface area contributed by atoms with Crippen molar-refractivity contribution in [3.63, 3.8) is 0 Å². The quantitative estimate of drug-likeness (QED) is 0.730. The predicted molar refractivity (Wildman–Crippen MR) is 78.1 cm³/mol. The molecule has 0 spiro atoms. The fraction of sp³-hybridized carbons (Fsp3) is 0.471. The van der Waals surface area contributed by atoms with Crippen molar-refractivity contribution in [3.8, 4) is 6.07 Å². The number of aryl methyl sites for hydroxylation is 1. The molecule has 1 aliphatic carbocycles. The molecule has 1 aromatic heterocycles.